The first kappa shape index (κ1) is 21.7. The third-order valence-electron chi connectivity index (χ3n) is 5.27. The van der Waals surface area contributed by atoms with Gasteiger partial charge in [-0.25, -0.2) is 0 Å². The molecule has 2 aromatic carbocycles. The summed E-state index contributed by atoms with van der Waals surface area (Å²) in [5, 5.41) is 13.0. The van der Waals surface area contributed by atoms with Crippen LogP contribution >= 0.6 is 11.6 Å². The van der Waals surface area contributed by atoms with E-state index in [4.69, 9.17) is 11.6 Å². The molecule has 0 saturated carbocycles. The number of rotatable bonds is 6. The van der Waals surface area contributed by atoms with E-state index in [1.165, 1.54) is 0 Å². The third-order valence-corrected chi connectivity index (χ3v) is 5.52. The van der Waals surface area contributed by atoms with Crippen LogP contribution in [0, 0.1) is 11.3 Å². The van der Waals surface area contributed by atoms with Crippen molar-refractivity contribution in [1.29, 1.82) is 5.26 Å². The van der Waals surface area contributed by atoms with Gasteiger partial charge in [-0.2, -0.15) is 5.26 Å². The number of hydrogen-bond acceptors (Lipinski definition) is 4. The Balaban J connectivity index is 1.68. The van der Waals surface area contributed by atoms with Crippen LogP contribution in [0.15, 0.2) is 48.5 Å². The van der Waals surface area contributed by atoms with Gasteiger partial charge >= 0.3 is 0 Å². The Bertz CT molecular complexity index is 931. The average molecular weight is 425 g/mol. The highest BCUT2D eigenvalue weighted by atomic mass is 35.5. The molecule has 3 rings (SSSR count). The molecule has 0 spiro atoms. The predicted octanol–water partition coefficient (Wildman–Crippen LogP) is 3.35. The Morgan fingerprint density at radius 2 is 1.90 bits per heavy atom. The first-order valence-corrected chi connectivity index (χ1v) is 10.4. The number of likely N-dealkylation sites (tertiary alicyclic amines) is 1. The van der Waals surface area contributed by atoms with Gasteiger partial charge in [-0.15, -0.1) is 0 Å². The number of hydrogen-bond donors (Lipinski definition) is 1. The van der Waals surface area contributed by atoms with Crippen molar-refractivity contribution in [2.75, 3.05) is 24.5 Å². The van der Waals surface area contributed by atoms with Crippen molar-refractivity contribution in [3.63, 3.8) is 0 Å². The fourth-order valence-electron chi connectivity index (χ4n) is 3.61. The number of amides is 2. The molecule has 156 valence electrons. The molecule has 1 fully saturated rings. The van der Waals surface area contributed by atoms with Gasteiger partial charge in [0, 0.05) is 43.3 Å². The Kier molecular flexibility index (Phi) is 7.31. The summed E-state index contributed by atoms with van der Waals surface area (Å²) in [5.41, 5.74) is 2.38. The Morgan fingerprint density at radius 3 is 2.53 bits per heavy atom. The third kappa shape index (κ3) is 5.98. The van der Waals surface area contributed by atoms with Crippen LogP contribution < -0.4 is 10.2 Å². The van der Waals surface area contributed by atoms with Crippen molar-refractivity contribution in [1.82, 2.24) is 10.2 Å². The minimum absolute atomic E-state index is 0.0657. The Morgan fingerprint density at radius 1 is 1.20 bits per heavy atom. The second kappa shape index (κ2) is 10.1. The Labute approximate surface area is 182 Å². The van der Waals surface area contributed by atoms with Gasteiger partial charge in [0.25, 0.3) is 0 Å². The maximum Gasteiger partial charge on any atom is 0.239 e. The SMILES string of the molecule is CC(=O)N1CCC(NC(=O)CN(Cc2ccc(Cl)cc2)c2cccc(C#N)c2)CC1. The molecule has 0 unspecified atom stereocenters. The van der Waals surface area contributed by atoms with Crippen molar-refractivity contribution >= 4 is 29.1 Å². The number of carbonyl (C=O) groups is 2. The fraction of sp³-hybridized carbons (Fsp3) is 0.348. The van der Waals surface area contributed by atoms with Crippen LogP contribution in [0.1, 0.15) is 30.9 Å². The maximum atomic E-state index is 12.8. The number of benzene rings is 2. The van der Waals surface area contributed by atoms with Crippen LogP contribution in [0.25, 0.3) is 0 Å². The van der Waals surface area contributed by atoms with E-state index in [-0.39, 0.29) is 24.4 Å². The molecule has 1 N–H and O–H groups in total. The van der Waals surface area contributed by atoms with Crippen LogP contribution in [0.3, 0.4) is 0 Å². The summed E-state index contributed by atoms with van der Waals surface area (Å²) >= 11 is 5.99. The second-order valence-electron chi connectivity index (χ2n) is 7.49. The molecule has 0 atom stereocenters. The average Bonchev–Trinajstić information content (AvgIpc) is 2.75. The first-order chi connectivity index (χ1) is 14.4. The van der Waals surface area contributed by atoms with E-state index in [9.17, 15) is 14.9 Å². The molecule has 6 nitrogen and oxygen atoms in total. The lowest BCUT2D eigenvalue weighted by molar-refractivity contribution is -0.130. The minimum Gasteiger partial charge on any atom is -0.358 e. The minimum atomic E-state index is -0.0763. The van der Waals surface area contributed by atoms with Gasteiger partial charge < -0.3 is 15.1 Å². The lowest BCUT2D eigenvalue weighted by Gasteiger charge is -2.32. The highest BCUT2D eigenvalue weighted by molar-refractivity contribution is 6.30. The van der Waals surface area contributed by atoms with Gasteiger partial charge in [-0.05, 0) is 48.7 Å². The quantitative estimate of drug-likeness (QED) is 0.771. The zero-order chi connectivity index (χ0) is 21.5. The molecule has 7 heteroatoms. The first-order valence-electron chi connectivity index (χ1n) is 9.99. The molecule has 0 radical (unpaired) electrons. The molecule has 1 heterocycles. The van der Waals surface area contributed by atoms with E-state index in [2.05, 4.69) is 11.4 Å². The van der Waals surface area contributed by atoms with Crippen LogP contribution in [0.4, 0.5) is 5.69 Å². The van der Waals surface area contributed by atoms with Gasteiger partial charge in [0.1, 0.15) is 0 Å². The molecule has 2 amide bonds. The molecule has 0 aliphatic carbocycles. The van der Waals surface area contributed by atoms with Gasteiger partial charge in [0.15, 0.2) is 0 Å². The zero-order valence-corrected chi connectivity index (χ0v) is 17.7. The standard InChI is InChI=1S/C23H25ClN4O2/c1-17(29)27-11-9-21(10-12-27)26-23(30)16-28(15-18-5-7-20(24)8-6-18)22-4-2-3-19(13-22)14-25/h2-8,13,21H,9-12,15-16H2,1H3,(H,26,30). The van der Waals surface area contributed by atoms with E-state index in [0.717, 1.165) is 24.1 Å². The maximum absolute atomic E-state index is 12.8. The summed E-state index contributed by atoms with van der Waals surface area (Å²) in [7, 11) is 0. The molecular weight excluding hydrogens is 400 g/mol. The van der Waals surface area contributed by atoms with Crippen molar-refractivity contribution in [2.45, 2.75) is 32.4 Å². The summed E-state index contributed by atoms with van der Waals surface area (Å²) in [6.07, 6.45) is 1.51. The van der Waals surface area contributed by atoms with Gasteiger partial charge in [0.2, 0.25) is 11.8 Å². The number of carbonyl (C=O) groups excluding carboxylic acids is 2. The highest BCUT2D eigenvalue weighted by Gasteiger charge is 2.23. The predicted molar refractivity (Wildman–Crippen MR) is 117 cm³/mol. The number of anilines is 1. The number of piperidine rings is 1. The molecular formula is C23H25ClN4O2. The van der Waals surface area contributed by atoms with Crippen molar-refractivity contribution in [3.05, 3.63) is 64.7 Å². The van der Waals surface area contributed by atoms with E-state index in [1.54, 1.807) is 19.1 Å². The van der Waals surface area contributed by atoms with Crippen LogP contribution in [-0.4, -0.2) is 42.4 Å². The van der Waals surface area contributed by atoms with Gasteiger partial charge in [-0.3, -0.25) is 9.59 Å². The van der Waals surface area contributed by atoms with Crippen molar-refractivity contribution in [2.24, 2.45) is 0 Å². The molecule has 0 aromatic heterocycles. The Hall–Kier alpha value is -3.04. The normalized spacial score (nSPS) is 14.1. The topological polar surface area (TPSA) is 76.4 Å². The van der Waals surface area contributed by atoms with Crippen LogP contribution in [0.5, 0.6) is 0 Å². The largest absolute Gasteiger partial charge is 0.358 e. The monoisotopic (exact) mass is 424 g/mol. The zero-order valence-electron chi connectivity index (χ0n) is 17.0. The number of nitriles is 1. The second-order valence-corrected chi connectivity index (χ2v) is 7.93. The number of halogens is 1. The number of nitrogens with one attached hydrogen (secondary N) is 1. The van der Waals surface area contributed by atoms with E-state index in [0.29, 0.717) is 30.2 Å². The van der Waals surface area contributed by atoms with Crippen LogP contribution in [0.2, 0.25) is 5.02 Å². The van der Waals surface area contributed by atoms with Gasteiger partial charge in [0.05, 0.1) is 18.2 Å². The molecule has 0 bridgehead atoms. The van der Waals surface area contributed by atoms with E-state index >= 15 is 0 Å². The van der Waals surface area contributed by atoms with Crippen molar-refractivity contribution < 1.29 is 9.59 Å². The van der Waals surface area contributed by atoms with E-state index in [1.807, 2.05) is 46.2 Å². The number of nitrogens with zero attached hydrogens (tertiary/aromatic N) is 3. The molecule has 30 heavy (non-hydrogen) atoms. The molecule has 1 aliphatic rings. The van der Waals surface area contributed by atoms with Gasteiger partial charge in [-0.1, -0.05) is 29.8 Å². The summed E-state index contributed by atoms with van der Waals surface area (Å²) in [4.78, 5) is 28.0. The van der Waals surface area contributed by atoms with E-state index < -0.39 is 0 Å². The molecule has 1 saturated heterocycles. The summed E-state index contributed by atoms with van der Waals surface area (Å²) < 4.78 is 0. The summed E-state index contributed by atoms with van der Waals surface area (Å²) in [6, 6.07) is 17.0. The fourth-order valence-corrected chi connectivity index (χ4v) is 3.73. The van der Waals surface area contributed by atoms with Crippen molar-refractivity contribution in [3.8, 4) is 6.07 Å². The molecule has 2 aromatic rings. The lowest BCUT2D eigenvalue weighted by atomic mass is 10.0. The smallest absolute Gasteiger partial charge is 0.239 e. The van der Waals surface area contributed by atoms with Crippen LogP contribution in [-0.2, 0) is 16.1 Å². The lowest BCUT2D eigenvalue weighted by Crippen LogP contribution is -2.48. The summed E-state index contributed by atoms with van der Waals surface area (Å²) in [6.45, 7) is 3.59. The highest BCUT2D eigenvalue weighted by Crippen LogP contribution is 2.20. The molecule has 1 aliphatic heterocycles. The summed E-state index contributed by atoms with van der Waals surface area (Å²) in [5.74, 6) is -0.00103.